The van der Waals surface area contributed by atoms with Crippen molar-refractivity contribution < 1.29 is 28.2 Å². The predicted octanol–water partition coefficient (Wildman–Crippen LogP) is 2.92. The van der Waals surface area contributed by atoms with E-state index in [2.05, 4.69) is 5.32 Å². The van der Waals surface area contributed by atoms with Crippen LogP contribution < -0.4 is 15.4 Å². The van der Waals surface area contributed by atoms with E-state index in [1.807, 2.05) is 11.4 Å². The molecule has 2 amide bonds. The maximum absolute atomic E-state index is 13.4. The summed E-state index contributed by atoms with van der Waals surface area (Å²) in [5.74, 6) is -2.40. The van der Waals surface area contributed by atoms with Gasteiger partial charge in [0.2, 0.25) is 0 Å². The van der Waals surface area contributed by atoms with Crippen LogP contribution in [-0.4, -0.2) is 23.7 Å². The second-order valence-corrected chi connectivity index (χ2v) is 5.47. The van der Waals surface area contributed by atoms with Crippen LogP contribution in [0.25, 0.3) is 0 Å². The average molecular weight is 348 g/mol. The third-order valence-electron chi connectivity index (χ3n) is 3.75. The van der Waals surface area contributed by atoms with Crippen LogP contribution >= 0.6 is 0 Å². The third-order valence-corrected chi connectivity index (χ3v) is 3.75. The zero-order valence-electron chi connectivity index (χ0n) is 12.9. The van der Waals surface area contributed by atoms with Gasteiger partial charge in [-0.2, -0.15) is 0 Å². The first-order chi connectivity index (χ1) is 11.9. The number of carbonyl (C=O) groups is 2. The molecule has 0 saturated carbocycles. The first-order valence-corrected chi connectivity index (χ1v) is 7.46. The van der Waals surface area contributed by atoms with Crippen molar-refractivity contribution in [3.8, 4) is 5.75 Å². The van der Waals surface area contributed by atoms with Crippen LogP contribution in [0, 0.1) is 11.6 Å². The highest BCUT2D eigenvalue weighted by atomic mass is 19.2. The molecule has 25 heavy (non-hydrogen) atoms. The van der Waals surface area contributed by atoms with Crippen molar-refractivity contribution in [3.63, 3.8) is 0 Å². The number of anilines is 1. The SMILES string of the molecule is O=C(O)Nc1cc(F)c(F)cc1C(=O)NCc1ccc2c(c1)CCO2. The first-order valence-electron chi connectivity index (χ1n) is 7.46. The summed E-state index contributed by atoms with van der Waals surface area (Å²) in [4.78, 5) is 23.0. The van der Waals surface area contributed by atoms with Gasteiger partial charge in [0.15, 0.2) is 11.6 Å². The standard InChI is InChI=1S/C17H14F2N2O4/c18-12-6-11(14(7-13(12)19)21-17(23)24)16(22)20-8-9-1-2-15-10(5-9)3-4-25-15/h1-2,5-7,21H,3-4,8H2,(H,20,22)(H,23,24). The average Bonchev–Trinajstić information content (AvgIpc) is 3.03. The van der Waals surface area contributed by atoms with Crippen LogP contribution in [0.1, 0.15) is 21.5 Å². The molecule has 8 heteroatoms. The number of rotatable bonds is 4. The van der Waals surface area contributed by atoms with Crippen LogP contribution in [-0.2, 0) is 13.0 Å². The Morgan fingerprint density at radius 1 is 1.16 bits per heavy atom. The lowest BCUT2D eigenvalue weighted by Crippen LogP contribution is -2.25. The van der Waals surface area contributed by atoms with Gasteiger partial charge in [0, 0.05) is 19.0 Å². The minimum atomic E-state index is -1.49. The number of carboxylic acid groups (broad SMARTS) is 1. The van der Waals surface area contributed by atoms with Crippen LogP contribution in [0.2, 0.25) is 0 Å². The van der Waals surface area contributed by atoms with Gasteiger partial charge in [0.05, 0.1) is 17.9 Å². The molecule has 3 N–H and O–H groups in total. The van der Waals surface area contributed by atoms with E-state index in [1.54, 1.807) is 12.1 Å². The van der Waals surface area contributed by atoms with Gasteiger partial charge in [0.1, 0.15) is 5.75 Å². The molecule has 1 aliphatic heterocycles. The van der Waals surface area contributed by atoms with Crippen LogP contribution in [0.3, 0.4) is 0 Å². The summed E-state index contributed by atoms with van der Waals surface area (Å²) in [6.45, 7) is 0.766. The Bertz CT molecular complexity index is 855. The molecule has 3 rings (SSSR count). The molecule has 6 nitrogen and oxygen atoms in total. The van der Waals surface area contributed by atoms with Gasteiger partial charge in [0.25, 0.3) is 5.91 Å². The van der Waals surface area contributed by atoms with Crippen molar-refractivity contribution >= 4 is 17.7 Å². The molecular formula is C17H14F2N2O4. The Hall–Kier alpha value is -3.16. The molecule has 2 aromatic rings. The lowest BCUT2D eigenvalue weighted by atomic mass is 10.1. The van der Waals surface area contributed by atoms with E-state index in [9.17, 15) is 18.4 Å². The monoisotopic (exact) mass is 348 g/mol. The Morgan fingerprint density at radius 2 is 1.92 bits per heavy atom. The molecule has 0 fully saturated rings. The molecule has 0 saturated heterocycles. The second kappa shape index (κ2) is 6.76. The number of halogens is 2. The maximum atomic E-state index is 13.4. The van der Waals surface area contributed by atoms with E-state index in [0.717, 1.165) is 23.3 Å². The van der Waals surface area contributed by atoms with Crippen molar-refractivity contribution in [3.05, 3.63) is 58.7 Å². The Labute approximate surface area is 141 Å². The summed E-state index contributed by atoms with van der Waals surface area (Å²) in [6.07, 6.45) is -0.703. The van der Waals surface area contributed by atoms with Crippen LogP contribution in [0.4, 0.5) is 19.3 Å². The molecule has 0 atom stereocenters. The van der Waals surface area contributed by atoms with Gasteiger partial charge >= 0.3 is 6.09 Å². The fraction of sp³-hybridized carbons (Fsp3) is 0.176. The summed E-state index contributed by atoms with van der Waals surface area (Å²) in [5, 5.41) is 13.2. The highest BCUT2D eigenvalue weighted by Crippen LogP contribution is 2.26. The normalized spacial score (nSPS) is 12.2. The number of hydrogen-bond donors (Lipinski definition) is 3. The van der Waals surface area contributed by atoms with Crippen LogP contribution in [0.5, 0.6) is 5.75 Å². The van der Waals surface area contributed by atoms with Gasteiger partial charge in [-0.25, -0.2) is 13.6 Å². The summed E-state index contributed by atoms with van der Waals surface area (Å²) in [5.41, 5.74) is 1.22. The lowest BCUT2D eigenvalue weighted by molar-refractivity contribution is 0.0951. The van der Waals surface area contributed by atoms with E-state index >= 15 is 0 Å². The van der Waals surface area contributed by atoms with Gasteiger partial charge in [-0.3, -0.25) is 10.1 Å². The van der Waals surface area contributed by atoms with Gasteiger partial charge in [-0.1, -0.05) is 12.1 Å². The Morgan fingerprint density at radius 3 is 2.68 bits per heavy atom. The highest BCUT2D eigenvalue weighted by Gasteiger charge is 2.18. The van der Waals surface area contributed by atoms with Crippen molar-refractivity contribution in [1.82, 2.24) is 5.32 Å². The molecule has 1 heterocycles. The van der Waals surface area contributed by atoms with Crippen molar-refractivity contribution in [2.24, 2.45) is 0 Å². The summed E-state index contributed by atoms with van der Waals surface area (Å²) < 4.78 is 32.1. The number of amides is 2. The topological polar surface area (TPSA) is 87.7 Å². The third kappa shape index (κ3) is 3.68. The smallest absolute Gasteiger partial charge is 0.409 e. The molecule has 1 aliphatic rings. The fourth-order valence-corrected chi connectivity index (χ4v) is 2.58. The minimum Gasteiger partial charge on any atom is -0.493 e. The van der Waals surface area contributed by atoms with Crippen LogP contribution in [0.15, 0.2) is 30.3 Å². The largest absolute Gasteiger partial charge is 0.493 e. The molecule has 0 aromatic heterocycles. The van der Waals surface area contributed by atoms with Gasteiger partial charge < -0.3 is 15.2 Å². The van der Waals surface area contributed by atoms with Crippen molar-refractivity contribution in [2.75, 3.05) is 11.9 Å². The predicted molar refractivity (Wildman–Crippen MR) is 84.8 cm³/mol. The molecule has 0 unspecified atom stereocenters. The Kier molecular flexibility index (Phi) is 4.51. The van der Waals surface area contributed by atoms with Gasteiger partial charge in [-0.05, 0) is 23.3 Å². The number of benzene rings is 2. The fourth-order valence-electron chi connectivity index (χ4n) is 2.58. The number of ether oxygens (including phenoxy) is 1. The molecule has 130 valence electrons. The maximum Gasteiger partial charge on any atom is 0.409 e. The zero-order valence-corrected chi connectivity index (χ0v) is 12.9. The number of hydrogen-bond acceptors (Lipinski definition) is 3. The number of nitrogens with one attached hydrogen (secondary N) is 2. The zero-order chi connectivity index (χ0) is 18.0. The molecule has 0 radical (unpaired) electrons. The quantitative estimate of drug-likeness (QED) is 0.793. The van der Waals surface area contributed by atoms with Gasteiger partial charge in [-0.15, -0.1) is 0 Å². The molecule has 0 bridgehead atoms. The number of carbonyl (C=O) groups excluding carboxylic acids is 1. The summed E-state index contributed by atoms with van der Waals surface area (Å²) in [7, 11) is 0. The summed E-state index contributed by atoms with van der Waals surface area (Å²) in [6, 6.07) is 6.77. The van der Waals surface area contributed by atoms with E-state index in [4.69, 9.17) is 9.84 Å². The van der Waals surface area contributed by atoms with Crippen molar-refractivity contribution in [1.29, 1.82) is 0 Å². The van der Waals surface area contributed by atoms with Crippen molar-refractivity contribution in [2.45, 2.75) is 13.0 Å². The molecule has 0 aliphatic carbocycles. The molecule has 2 aromatic carbocycles. The number of fused-ring (bicyclic) bond motifs is 1. The van der Waals surface area contributed by atoms with E-state index in [0.29, 0.717) is 18.7 Å². The van der Waals surface area contributed by atoms with E-state index in [-0.39, 0.29) is 17.8 Å². The first kappa shape index (κ1) is 16.7. The van der Waals surface area contributed by atoms with E-state index < -0.39 is 23.6 Å². The Balaban J connectivity index is 1.76. The second-order valence-electron chi connectivity index (χ2n) is 5.47. The lowest BCUT2D eigenvalue weighted by Gasteiger charge is -2.11. The van der Waals surface area contributed by atoms with E-state index in [1.165, 1.54) is 0 Å². The summed E-state index contributed by atoms with van der Waals surface area (Å²) >= 11 is 0. The molecule has 0 spiro atoms. The highest BCUT2D eigenvalue weighted by molar-refractivity contribution is 6.02. The minimum absolute atomic E-state index is 0.150. The molecular weight excluding hydrogens is 334 g/mol.